The molecule has 0 aromatic rings. The van der Waals surface area contributed by atoms with Gasteiger partial charge in [-0.3, -0.25) is 4.90 Å². The van der Waals surface area contributed by atoms with Crippen molar-refractivity contribution in [1.82, 2.24) is 10.2 Å². The maximum absolute atomic E-state index is 3.93. The second kappa shape index (κ2) is 5.28. The lowest BCUT2D eigenvalue weighted by Gasteiger charge is -2.50. The lowest BCUT2D eigenvalue weighted by atomic mass is 9.79. The van der Waals surface area contributed by atoms with E-state index in [1.807, 2.05) is 0 Å². The van der Waals surface area contributed by atoms with Gasteiger partial charge in [0.25, 0.3) is 0 Å². The molecule has 4 unspecified atom stereocenters. The van der Waals surface area contributed by atoms with Gasteiger partial charge in [-0.1, -0.05) is 25.7 Å². The number of fused-ring (bicyclic) bond motifs is 2. The highest BCUT2D eigenvalue weighted by atomic mass is 15.3. The summed E-state index contributed by atoms with van der Waals surface area (Å²) in [4.78, 5) is 2.87. The zero-order valence-corrected chi connectivity index (χ0v) is 13.2. The van der Waals surface area contributed by atoms with Gasteiger partial charge >= 0.3 is 0 Å². The van der Waals surface area contributed by atoms with Crippen LogP contribution in [0.1, 0.15) is 64.7 Å². The molecular formula is C18H32N2. The second-order valence-electron chi connectivity index (χ2n) is 8.44. The number of piperazine rings is 1. The van der Waals surface area contributed by atoms with Crippen molar-refractivity contribution in [3.63, 3.8) is 0 Å². The molecule has 4 aliphatic rings. The van der Waals surface area contributed by atoms with Gasteiger partial charge in [0.1, 0.15) is 0 Å². The van der Waals surface area contributed by atoms with Gasteiger partial charge in [-0.05, 0) is 56.8 Å². The van der Waals surface area contributed by atoms with E-state index in [1.54, 1.807) is 25.7 Å². The van der Waals surface area contributed by atoms with Crippen LogP contribution in [0.4, 0.5) is 0 Å². The Morgan fingerprint density at radius 3 is 2.65 bits per heavy atom. The zero-order valence-electron chi connectivity index (χ0n) is 13.2. The lowest BCUT2D eigenvalue weighted by Crippen LogP contribution is -2.64. The second-order valence-corrected chi connectivity index (χ2v) is 8.44. The number of nitrogens with one attached hydrogen (secondary N) is 1. The highest BCUT2D eigenvalue weighted by Gasteiger charge is 2.43. The Morgan fingerprint density at radius 2 is 1.95 bits per heavy atom. The molecule has 3 saturated carbocycles. The monoisotopic (exact) mass is 276 g/mol. The third-order valence-corrected chi connectivity index (χ3v) is 7.07. The number of hydrogen-bond acceptors (Lipinski definition) is 2. The zero-order chi connectivity index (χ0) is 13.6. The Labute approximate surface area is 124 Å². The topological polar surface area (TPSA) is 15.3 Å². The standard InChI is InChI=1S/C18H32N2/c1-14-11-19-18(7-3-2-4-8-18)13-20(14)12-17-10-15-5-6-16(17)9-15/h14-17,19H,2-13H2,1H3. The van der Waals surface area contributed by atoms with Gasteiger partial charge in [0, 0.05) is 31.2 Å². The first-order chi connectivity index (χ1) is 9.74. The Kier molecular flexibility index (Phi) is 3.58. The number of nitrogens with zero attached hydrogens (tertiary/aromatic N) is 1. The molecule has 0 amide bonds. The van der Waals surface area contributed by atoms with Gasteiger partial charge in [-0.2, -0.15) is 0 Å². The molecule has 1 N–H and O–H groups in total. The highest BCUT2D eigenvalue weighted by Crippen LogP contribution is 2.48. The summed E-state index contributed by atoms with van der Waals surface area (Å²) in [6.07, 6.45) is 13.4. The molecule has 1 heterocycles. The molecular weight excluding hydrogens is 244 g/mol. The van der Waals surface area contributed by atoms with E-state index in [-0.39, 0.29) is 0 Å². The summed E-state index contributed by atoms with van der Waals surface area (Å²) in [5.41, 5.74) is 0.488. The summed E-state index contributed by atoms with van der Waals surface area (Å²) in [7, 11) is 0. The Bertz CT molecular complexity index is 347. The van der Waals surface area contributed by atoms with E-state index >= 15 is 0 Å². The van der Waals surface area contributed by atoms with E-state index in [0.29, 0.717) is 5.54 Å². The molecule has 2 heteroatoms. The van der Waals surface area contributed by atoms with E-state index in [9.17, 15) is 0 Å². The fourth-order valence-electron chi connectivity index (χ4n) is 5.80. The molecule has 3 aliphatic carbocycles. The largest absolute Gasteiger partial charge is 0.308 e. The van der Waals surface area contributed by atoms with Crippen molar-refractivity contribution in [2.45, 2.75) is 76.3 Å². The average Bonchev–Trinajstić information content (AvgIpc) is 3.07. The molecule has 2 bridgehead atoms. The van der Waals surface area contributed by atoms with Crippen LogP contribution < -0.4 is 5.32 Å². The van der Waals surface area contributed by atoms with Crippen molar-refractivity contribution < 1.29 is 0 Å². The van der Waals surface area contributed by atoms with Crippen LogP contribution in [0.2, 0.25) is 0 Å². The minimum Gasteiger partial charge on any atom is -0.308 e. The smallest absolute Gasteiger partial charge is 0.0309 e. The molecule has 1 spiro atoms. The van der Waals surface area contributed by atoms with Crippen LogP contribution in [0, 0.1) is 17.8 Å². The summed E-state index contributed by atoms with van der Waals surface area (Å²) in [6, 6.07) is 0.752. The first kappa shape index (κ1) is 13.6. The SMILES string of the molecule is CC1CNC2(CCCCC2)CN1CC1CC2CCC1C2. The molecule has 0 aromatic carbocycles. The summed E-state index contributed by atoms with van der Waals surface area (Å²) in [6.45, 7) is 6.41. The van der Waals surface area contributed by atoms with E-state index in [2.05, 4.69) is 17.1 Å². The lowest BCUT2D eigenvalue weighted by molar-refractivity contribution is 0.0438. The predicted molar refractivity (Wildman–Crippen MR) is 83.8 cm³/mol. The molecule has 1 aliphatic heterocycles. The van der Waals surface area contributed by atoms with Crippen molar-refractivity contribution in [2.75, 3.05) is 19.6 Å². The Balaban J connectivity index is 1.40. The summed E-state index contributed by atoms with van der Waals surface area (Å²) >= 11 is 0. The van der Waals surface area contributed by atoms with Crippen LogP contribution in [-0.4, -0.2) is 36.1 Å². The molecule has 4 fully saturated rings. The maximum Gasteiger partial charge on any atom is 0.0309 e. The van der Waals surface area contributed by atoms with Crippen molar-refractivity contribution in [1.29, 1.82) is 0 Å². The molecule has 4 atom stereocenters. The fraction of sp³-hybridized carbons (Fsp3) is 1.00. The normalized spacial score (nSPS) is 44.2. The third kappa shape index (κ3) is 2.43. The minimum atomic E-state index is 0.488. The van der Waals surface area contributed by atoms with Crippen LogP contribution in [0.15, 0.2) is 0 Å². The number of rotatable bonds is 2. The van der Waals surface area contributed by atoms with Crippen LogP contribution in [0.25, 0.3) is 0 Å². The van der Waals surface area contributed by atoms with Gasteiger partial charge in [0.05, 0.1) is 0 Å². The molecule has 0 aromatic heterocycles. The van der Waals surface area contributed by atoms with Crippen LogP contribution in [0.3, 0.4) is 0 Å². The van der Waals surface area contributed by atoms with Gasteiger partial charge in [0.15, 0.2) is 0 Å². The first-order valence-corrected chi connectivity index (χ1v) is 9.23. The van der Waals surface area contributed by atoms with E-state index in [1.165, 1.54) is 51.7 Å². The summed E-state index contributed by atoms with van der Waals surface area (Å²) in [5.74, 6) is 3.23. The fourth-order valence-corrected chi connectivity index (χ4v) is 5.80. The van der Waals surface area contributed by atoms with Gasteiger partial charge in [-0.15, -0.1) is 0 Å². The molecule has 114 valence electrons. The van der Waals surface area contributed by atoms with Gasteiger partial charge in [-0.25, -0.2) is 0 Å². The average molecular weight is 276 g/mol. The maximum atomic E-state index is 3.93. The Morgan fingerprint density at radius 1 is 1.10 bits per heavy atom. The van der Waals surface area contributed by atoms with Crippen molar-refractivity contribution in [2.24, 2.45) is 17.8 Å². The Hall–Kier alpha value is -0.0800. The molecule has 0 radical (unpaired) electrons. The highest BCUT2D eigenvalue weighted by molar-refractivity contribution is 5.00. The quantitative estimate of drug-likeness (QED) is 0.831. The van der Waals surface area contributed by atoms with Crippen molar-refractivity contribution in [3.8, 4) is 0 Å². The molecule has 20 heavy (non-hydrogen) atoms. The first-order valence-electron chi connectivity index (χ1n) is 9.23. The minimum absolute atomic E-state index is 0.488. The molecule has 1 saturated heterocycles. The summed E-state index contributed by atoms with van der Waals surface area (Å²) < 4.78 is 0. The van der Waals surface area contributed by atoms with Crippen LogP contribution in [-0.2, 0) is 0 Å². The van der Waals surface area contributed by atoms with E-state index in [0.717, 1.165) is 23.8 Å². The van der Waals surface area contributed by atoms with Crippen molar-refractivity contribution in [3.05, 3.63) is 0 Å². The number of hydrogen-bond donors (Lipinski definition) is 1. The van der Waals surface area contributed by atoms with E-state index < -0.39 is 0 Å². The molecule has 4 rings (SSSR count). The van der Waals surface area contributed by atoms with Gasteiger partial charge < -0.3 is 5.32 Å². The van der Waals surface area contributed by atoms with Gasteiger partial charge in [0.2, 0.25) is 0 Å². The predicted octanol–water partition coefficient (Wildman–Crippen LogP) is 3.42. The van der Waals surface area contributed by atoms with Crippen LogP contribution >= 0.6 is 0 Å². The van der Waals surface area contributed by atoms with Crippen molar-refractivity contribution >= 4 is 0 Å². The summed E-state index contributed by atoms with van der Waals surface area (Å²) in [5, 5.41) is 3.93. The third-order valence-electron chi connectivity index (χ3n) is 7.07. The van der Waals surface area contributed by atoms with E-state index in [4.69, 9.17) is 0 Å². The van der Waals surface area contributed by atoms with Crippen LogP contribution in [0.5, 0.6) is 0 Å². The molecule has 2 nitrogen and oxygen atoms in total.